The number of hydrogen-bond acceptors (Lipinski definition) is 4. The summed E-state index contributed by atoms with van der Waals surface area (Å²) in [4.78, 5) is 23.6. The summed E-state index contributed by atoms with van der Waals surface area (Å²) in [5.41, 5.74) is 5.83. The highest BCUT2D eigenvalue weighted by molar-refractivity contribution is 5.99. The molecule has 6 nitrogen and oxygen atoms in total. The predicted octanol–water partition coefficient (Wildman–Crippen LogP) is 1.67. The van der Waals surface area contributed by atoms with Gasteiger partial charge in [0, 0.05) is 0 Å². The molecular formula is C14H14N2O4. The molecule has 104 valence electrons. The Morgan fingerprint density at radius 2 is 1.90 bits per heavy atom. The Morgan fingerprint density at radius 1 is 1.15 bits per heavy atom. The van der Waals surface area contributed by atoms with Gasteiger partial charge in [-0.1, -0.05) is 11.6 Å². The average molecular weight is 274 g/mol. The number of ether oxygens (including phenoxy) is 1. The minimum atomic E-state index is -0.532. The molecule has 1 aromatic carbocycles. The summed E-state index contributed by atoms with van der Waals surface area (Å²) >= 11 is 0. The van der Waals surface area contributed by atoms with Crippen LogP contribution in [0.15, 0.2) is 41.0 Å². The first kappa shape index (κ1) is 13.7. The van der Waals surface area contributed by atoms with Crippen molar-refractivity contribution in [1.82, 2.24) is 10.9 Å². The Hall–Kier alpha value is -2.76. The Bertz CT molecular complexity index is 620. The SMILES string of the molecule is COc1ccc(C)cc1C(=O)NNC(=O)c1ccco1. The van der Waals surface area contributed by atoms with E-state index in [4.69, 9.17) is 9.15 Å². The fourth-order valence-corrected chi connectivity index (χ4v) is 1.65. The smallest absolute Gasteiger partial charge is 0.305 e. The van der Waals surface area contributed by atoms with Gasteiger partial charge < -0.3 is 9.15 Å². The number of aryl methyl sites for hydroxylation is 1. The molecule has 0 saturated heterocycles. The van der Waals surface area contributed by atoms with Gasteiger partial charge in [0.05, 0.1) is 18.9 Å². The molecule has 0 aliphatic carbocycles. The van der Waals surface area contributed by atoms with Crippen molar-refractivity contribution in [2.45, 2.75) is 6.92 Å². The summed E-state index contributed by atoms with van der Waals surface area (Å²) < 4.78 is 10.0. The number of furan rings is 1. The number of amides is 2. The number of nitrogens with one attached hydrogen (secondary N) is 2. The number of carbonyl (C=O) groups excluding carboxylic acids is 2. The Kier molecular flexibility index (Phi) is 4.05. The molecule has 0 saturated carbocycles. The molecule has 0 radical (unpaired) electrons. The van der Waals surface area contributed by atoms with Gasteiger partial charge in [0.15, 0.2) is 5.76 Å². The first-order valence-electron chi connectivity index (χ1n) is 5.90. The van der Waals surface area contributed by atoms with E-state index in [1.54, 1.807) is 18.2 Å². The molecule has 20 heavy (non-hydrogen) atoms. The minimum absolute atomic E-state index is 0.113. The second-order valence-electron chi connectivity index (χ2n) is 4.09. The Morgan fingerprint density at radius 3 is 2.55 bits per heavy atom. The topological polar surface area (TPSA) is 80.6 Å². The van der Waals surface area contributed by atoms with E-state index in [0.29, 0.717) is 11.3 Å². The van der Waals surface area contributed by atoms with E-state index in [0.717, 1.165) is 5.56 Å². The van der Waals surface area contributed by atoms with E-state index in [1.807, 2.05) is 13.0 Å². The van der Waals surface area contributed by atoms with E-state index in [9.17, 15) is 9.59 Å². The third-order valence-electron chi connectivity index (χ3n) is 2.63. The highest BCUT2D eigenvalue weighted by Crippen LogP contribution is 2.19. The normalized spacial score (nSPS) is 9.90. The molecule has 6 heteroatoms. The van der Waals surface area contributed by atoms with Crippen LogP contribution in [0, 0.1) is 6.92 Å². The Balaban J connectivity index is 2.05. The van der Waals surface area contributed by atoms with Crippen LogP contribution in [0.3, 0.4) is 0 Å². The maximum Gasteiger partial charge on any atom is 0.305 e. The summed E-state index contributed by atoms with van der Waals surface area (Å²) in [5, 5.41) is 0. The lowest BCUT2D eigenvalue weighted by molar-refractivity contribution is 0.0829. The largest absolute Gasteiger partial charge is 0.496 e. The predicted molar refractivity (Wildman–Crippen MR) is 71.4 cm³/mol. The van der Waals surface area contributed by atoms with Gasteiger partial charge in [-0.05, 0) is 31.2 Å². The van der Waals surface area contributed by atoms with Gasteiger partial charge in [0.25, 0.3) is 5.91 Å². The second-order valence-corrected chi connectivity index (χ2v) is 4.09. The van der Waals surface area contributed by atoms with E-state index >= 15 is 0 Å². The lowest BCUT2D eigenvalue weighted by Gasteiger charge is -2.10. The van der Waals surface area contributed by atoms with Gasteiger partial charge in [-0.2, -0.15) is 0 Å². The molecule has 1 aromatic heterocycles. The molecule has 2 N–H and O–H groups in total. The van der Waals surface area contributed by atoms with Crippen molar-refractivity contribution in [3.05, 3.63) is 53.5 Å². The van der Waals surface area contributed by atoms with Crippen LogP contribution >= 0.6 is 0 Å². The van der Waals surface area contributed by atoms with Gasteiger partial charge in [-0.15, -0.1) is 0 Å². The fraction of sp³-hybridized carbons (Fsp3) is 0.143. The van der Waals surface area contributed by atoms with Crippen molar-refractivity contribution < 1.29 is 18.7 Å². The summed E-state index contributed by atoms with van der Waals surface area (Å²) in [6.45, 7) is 1.86. The van der Waals surface area contributed by atoms with Crippen molar-refractivity contribution in [3.8, 4) is 5.75 Å². The maximum absolute atomic E-state index is 12.0. The summed E-state index contributed by atoms with van der Waals surface area (Å²) in [6, 6.07) is 8.28. The van der Waals surface area contributed by atoms with Gasteiger partial charge >= 0.3 is 5.91 Å². The molecule has 0 spiro atoms. The van der Waals surface area contributed by atoms with Crippen molar-refractivity contribution in [2.24, 2.45) is 0 Å². The average Bonchev–Trinajstić information content (AvgIpc) is 2.98. The molecule has 0 aliphatic rings. The molecule has 0 unspecified atom stereocenters. The number of benzene rings is 1. The molecular weight excluding hydrogens is 260 g/mol. The van der Waals surface area contributed by atoms with Crippen LogP contribution in [-0.4, -0.2) is 18.9 Å². The van der Waals surface area contributed by atoms with Crippen LogP contribution in [0.2, 0.25) is 0 Å². The van der Waals surface area contributed by atoms with E-state index in [-0.39, 0.29) is 5.76 Å². The van der Waals surface area contributed by atoms with Crippen molar-refractivity contribution >= 4 is 11.8 Å². The Labute approximate surface area is 115 Å². The lowest BCUT2D eigenvalue weighted by atomic mass is 10.1. The van der Waals surface area contributed by atoms with Gasteiger partial charge in [0.1, 0.15) is 5.75 Å². The molecule has 2 rings (SSSR count). The van der Waals surface area contributed by atoms with E-state index in [1.165, 1.54) is 19.4 Å². The van der Waals surface area contributed by atoms with E-state index in [2.05, 4.69) is 10.9 Å². The third-order valence-corrected chi connectivity index (χ3v) is 2.63. The van der Waals surface area contributed by atoms with Crippen molar-refractivity contribution in [1.29, 1.82) is 0 Å². The zero-order chi connectivity index (χ0) is 14.5. The van der Waals surface area contributed by atoms with Crippen molar-refractivity contribution in [2.75, 3.05) is 7.11 Å². The fourth-order valence-electron chi connectivity index (χ4n) is 1.65. The number of carbonyl (C=O) groups is 2. The maximum atomic E-state index is 12.0. The molecule has 2 aromatic rings. The molecule has 0 atom stereocenters. The van der Waals surface area contributed by atoms with Crippen LogP contribution in [0.4, 0.5) is 0 Å². The molecule has 0 bridgehead atoms. The number of rotatable bonds is 3. The summed E-state index contributed by atoms with van der Waals surface area (Å²) in [6.07, 6.45) is 1.38. The summed E-state index contributed by atoms with van der Waals surface area (Å²) in [5.74, 6) is -0.456. The zero-order valence-corrected chi connectivity index (χ0v) is 11.1. The van der Waals surface area contributed by atoms with Gasteiger partial charge in [0.2, 0.25) is 0 Å². The first-order chi connectivity index (χ1) is 9.61. The molecule has 1 heterocycles. The number of hydrogen-bond donors (Lipinski definition) is 2. The highest BCUT2D eigenvalue weighted by Gasteiger charge is 2.14. The minimum Gasteiger partial charge on any atom is -0.496 e. The van der Waals surface area contributed by atoms with Gasteiger partial charge in [-0.3, -0.25) is 20.4 Å². The number of hydrazine groups is 1. The van der Waals surface area contributed by atoms with Crippen LogP contribution in [0.5, 0.6) is 5.75 Å². The second kappa shape index (κ2) is 5.92. The van der Waals surface area contributed by atoms with E-state index < -0.39 is 11.8 Å². The van der Waals surface area contributed by atoms with Crippen molar-refractivity contribution in [3.63, 3.8) is 0 Å². The molecule has 2 amide bonds. The van der Waals surface area contributed by atoms with Crippen LogP contribution in [0.25, 0.3) is 0 Å². The summed E-state index contributed by atoms with van der Waals surface area (Å²) in [7, 11) is 1.48. The standard InChI is InChI=1S/C14H14N2O4/c1-9-5-6-11(19-2)10(8-9)13(17)15-16-14(18)12-4-3-7-20-12/h3-8H,1-2H3,(H,15,17)(H,16,18). The third kappa shape index (κ3) is 2.97. The lowest BCUT2D eigenvalue weighted by Crippen LogP contribution is -2.41. The van der Waals surface area contributed by atoms with Crippen LogP contribution < -0.4 is 15.6 Å². The quantitative estimate of drug-likeness (QED) is 0.834. The first-order valence-corrected chi connectivity index (χ1v) is 5.90. The van der Waals surface area contributed by atoms with Gasteiger partial charge in [-0.25, -0.2) is 0 Å². The molecule has 0 fully saturated rings. The van der Waals surface area contributed by atoms with Crippen LogP contribution in [0.1, 0.15) is 26.5 Å². The zero-order valence-electron chi connectivity index (χ0n) is 11.1. The van der Waals surface area contributed by atoms with Crippen LogP contribution in [-0.2, 0) is 0 Å². The monoisotopic (exact) mass is 274 g/mol. The number of methoxy groups -OCH3 is 1. The highest BCUT2D eigenvalue weighted by atomic mass is 16.5. The molecule has 0 aliphatic heterocycles.